The normalized spacial score (nSPS) is 11.9. The van der Waals surface area contributed by atoms with Crippen molar-refractivity contribution in [1.29, 1.82) is 0 Å². The molecular weight excluding hydrogens is 393 g/mol. The number of fused-ring (bicyclic) bond motifs is 3. The number of nitrogens with one attached hydrogen (secondary N) is 1. The number of nitrogens with zero attached hydrogens (tertiary/aromatic N) is 3. The molecule has 0 saturated carbocycles. The molecular formula is C18H13F3N4O2S. The van der Waals surface area contributed by atoms with Crippen LogP contribution < -0.4 is 15.6 Å². The number of methoxy groups -OCH3 is 1. The smallest absolute Gasteiger partial charge is 0.405 e. The van der Waals surface area contributed by atoms with Crippen LogP contribution in [0.2, 0.25) is 0 Å². The zero-order valence-corrected chi connectivity index (χ0v) is 15.3. The molecule has 1 N–H and O–H groups in total. The zero-order valence-electron chi connectivity index (χ0n) is 14.4. The first-order chi connectivity index (χ1) is 13.4. The van der Waals surface area contributed by atoms with Crippen molar-refractivity contribution >= 4 is 37.5 Å². The topological polar surface area (TPSA) is 69.0 Å². The monoisotopic (exact) mass is 406 g/mol. The van der Waals surface area contributed by atoms with Crippen molar-refractivity contribution in [3.63, 3.8) is 0 Å². The van der Waals surface area contributed by atoms with E-state index in [-0.39, 0.29) is 11.2 Å². The number of benzene rings is 1. The minimum atomic E-state index is -4.37. The zero-order chi connectivity index (χ0) is 19.9. The Morgan fingerprint density at radius 2 is 1.93 bits per heavy atom. The maximum absolute atomic E-state index is 13.0. The number of hydrogen-bond donors (Lipinski definition) is 1. The van der Waals surface area contributed by atoms with Crippen LogP contribution in [0, 0.1) is 0 Å². The summed E-state index contributed by atoms with van der Waals surface area (Å²) in [5, 5.41) is 2.77. The van der Waals surface area contributed by atoms with Crippen molar-refractivity contribution < 1.29 is 17.9 Å². The van der Waals surface area contributed by atoms with E-state index in [0.717, 1.165) is 11.3 Å². The number of thiophene rings is 1. The van der Waals surface area contributed by atoms with E-state index in [2.05, 4.69) is 15.3 Å². The Balaban J connectivity index is 1.85. The highest BCUT2D eigenvalue weighted by Crippen LogP contribution is 2.34. The fourth-order valence-corrected chi connectivity index (χ4v) is 3.88. The third-order valence-electron chi connectivity index (χ3n) is 4.11. The number of alkyl halides is 3. The minimum absolute atomic E-state index is 0.239. The van der Waals surface area contributed by atoms with Gasteiger partial charge in [0.25, 0.3) is 5.56 Å². The molecule has 0 radical (unpaired) electrons. The average Bonchev–Trinajstić information content (AvgIpc) is 3.06. The first-order valence-corrected chi connectivity index (χ1v) is 8.93. The van der Waals surface area contributed by atoms with E-state index in [4.69, 9.17) is 4.74 Å². The molecule has 3 heterocycles. The Hall–Kier alpha value is -3.14. The van der Waals surface area contributed by atoms with E-state index < -0.39 is 12.7 Å². The Bertz CT molecular complexity index is 1220. The molecule has 4 rings (SSSR count). The first kappa shape index (κ1) is 18.2. The van der Waals surface area contributed by atoms with Gasteiger partial charge in [-0.1, -0.05) is 0 Å². The van der Waals surface area contributed by atoms with E-state index in [9.17, 15) is 18.0 Å². The molecule has 0 fully saturated rings. The van der Waals surface area contributed by atoms with E-state index in [1.807, 2.05) is 0 Å². The number of aromatic nitrogens is 3. The van der Waals surface area contributed by atoms with Crippen molar-refractivity contribution in [3.8, 4) is 11.4 Å². The molecule has 0 aliphatic heterocycles. The fourth-order valence-electron chi connectivity index (χ4n) is 2.82. The van der Waals surface area contributed by atoms with Gasteiger partial charge in [0.2, 0.25) is 0 Å². The van der Waals surface area contributed by atoms with Gasteiger partial charge in [-0.3, -0.25) is 9.36 Å². The molecule has 144 valence electrons. The molecule has 6 nitrogen and oxygen atoms in total. The molecule has 4 aromatic rings. The van der Waals surface area contributed by atoms with Crippen molar-refractivity contribution in [2.75, 3.05) is 19.0 Å². The highest BCUT2D eigenvalue weighted by Gasteiger charge is 2.27. The molecule has 0 saturated heterocycles. The minimum Gasteiger partial charge on any atom is -0.497 e. The van der Waals surface area contributed by atoms with Crippen LogP contribution in [0.4, 0.5) is 18.9 Å². The van der Waals surface area contributed by atoms with Crippen LogP contribution in [-0.2, 0) is 0 Å². The second-order valence-electron chi connectivity index (χ2n) is 5.90. The lowest BCUT2D eigenvalue weighted by Gasteiger charge is -2.10. The van der Waals surface area contributed by atoms with Crippen LogP contribution in [0.3, 0.4) is 0 Å². The quantitative estimate of drug-likeness (QED) is 0.555. The average molecular weight is 406 g/mol. The summed E-state index contributed by atoms with van der Waals surface area (Å²) in [7, 11) is 1.55. The molecule has 3 aromatic heterocycles. The predicted octanol–water partition coefficient (Wildman–Crippen LogP) is 3.98. The lowest BCUT2D eigenvalue weighted by Crippen LogP contribution is -2.21. The molecule has 0 amide bonds. The summed E-state index contributed by atoms with van der Waals surface area (Å²) in [6.07, 6.45) is -1.60. The molecule has 0 aliphatic carbocycles. The van der Waals surface area contributed by atoms with E-state index in [0.29, 0.717) is 31.9 Å². The van der Waals surface area contributed by atoms with Crippen molar-refractivity contribution in [1.82, 2.24) is 14.5 Å². The number of hydrogen-bond acceptors (Lipinski definition) is 6. The Labute approximate surface area is 160 Å². The van der Waals surface area contributed by atoms with Gasteiger partial charge in [0.1, 0.15) is 28.2 Å². The first-order valence-electron chi connectivity index (χ1n) is 8.11. The van der Waals surface area contributed by atoms with E-state index in [1.54, 1.807) is 31.4 Å². The highest BCUT2D eigenvalue weighted by molar-refractivity contribution is 7.25. The molecule has 1 aromatic carbocycles. The second-order valence-corrected chi connectivity index (χ2v) is 6.90. The molecule has 0 unspecified atom stereocenters. The van der Waals surface area contributed by atoms with Gasteiger partial charge in [0.15, 0.2) is 0 Å². The highest BCUT2D eigenvalue weighted by atomic mass is 32.1. The lowest BCUT2D eigenvalue weighted by atomic mass is 10.2. The van der Waals surface area contributed by atoms with Gasteiger partial charge in [0, 0.05) is 11.9 Å². The summed E-state index contributed by atoms with van der Waals surface area (Å²) in [6.45, 7) is -1.19. The summed E-state index contributed by atoms with van der Waals surface area (Å²) < 4.78 is 44.6. The summed E-state index contributed by atoms with van der Waals surface area (Å²) >= 11 is 1.10. The summed E-state index contributed by atoms with van der Waals surface area (Å²) in [6, 6.07) is 8.32. The number of rotatable bonds is 4. The SMILES string of the molecule is COc1ccc(-n2cnc3c(sc4nccc(NCC(F)(F)F)c43)c2=O)cc1. The number of pyridine rings is 1. The van der Waals surface area contributed by atoms with Crippen LogP contribution in [-0.4, -0.2) is 34.4 Å². The number of ether oxygens (including phenoxy) is 1. The van der Waals surface area contributed by atoms with Gasteiger partial charge in [0.05, 0.1) is 23.7 Å². The third kappa shape index (κ3) is 3.26. The Morgan fingerprint density at radius 3 is 2.61 bits per heavy atom. The van der Waals surface area contributed by atoms with Crippen LogP contribution in [0.1, 0.15) is 0 Å². The second kappa shape index (κ2) is 6.79. The Kier molecular flexibility index (Phi) is 4.42. The van der Waals surface area contributed by atoms with Crippen molar-refractivity contribution in [2.24, 2.45) is 0 Å². The standard InChI is InChI=1S/C18H13F3N4O2S/c1-27-11-4-2-10(3-5-11)25-9-24-14-13-12(23-8-18(19,20)21)6-7-22-16(13)28-15(14)17(25)26/h2-7,9H,8H2,1H3,(H,22,23). The van der Waals surface area contributed by atoms with Gasteiger partial charge >= 0.3 is 6.18 Å². The maximum atomic E-state index is 13.0. The van der Waals surface area contributed by atoms with Gasteiger partial charge in [-0.25, -0.2) is 9.97 Å². The van der Waals surface area contributed by atoms with Gasteiger partial charge in [-0.15, -0.1) is 11.3 Å². The molecule has 0 aliphatic rings. The van der Waals surface area contributed by atoms with Gasteiger partial charge < -0.3 is 10.1 Å². The van der Waals surface area contributed by atoms with Gasteiger partial charge in [-0.2, -0.15) is 13.2 Å². The van der Waals surface area contributed by atoms with Crippen molar-refractivity contribution in [2.45, 2.75) is 6.18 Å². The maximum Gasteiger partial charge on any atom is 0.405 e. The Morgan fingerprint density at radius 1 is 1.18 bits per heavy atom. The summed E-state index contributed by atoms with van der Waals surface area (Å²) in [5.41, 5.74) is 0.844. The number of anilines is 1. The molecule has 28 heavy (non-hydrogen) atoms. The molecule has 0 atom stereocenters. The van der Waals surface area contributed by atoms with Crippen LogP contribution >= 0.6 is 11.3 Å². The number of halogens is 3. The van der Waals surface area contributed by atoms with Crippen LogP contribution in [0.25, 0.3) is 26.1 Å². The van der Waals surface area contributed by atoms with Crippen molar-refractivity contribution in [3.05, 3.63) is 53.2 Å². The van der Waals surface area contributed by atoms with E-state index in [1.165, 1.54) is 23.2 Å². The molecule has 10 heteroatoms. The molecule has 0 bridgehead atoms. The molecule has 0 spiro atoms. The van der Waals surface area contributed by atoms with E-state index >= 15 is 0 Å². The van der Waals surface area contributed by atoms with Crippen LogP contribution in [0.5, 0.6) is 5.75 Å². The third-order valence-corrected chi connectivity index (χ3v) is 5.19. The van der Waals surface area contributed by atoms with Crippen LogP contribution in [0.15, 0.2) is 47.7 Å². The largest absolute Gasteiger partial charge is 0.497 e. The summed E-state index contributed by atoms with van der Waals surface area (Å²) in [5.74, 6) is 0.650. The lowest BCUT2D eigenvalue weighted by molar-refractivity contribution is -0.115. The fraction of sp³-hybridized carbons (Fsp3) is 0.167. The predicted molar refractivity (Wildman–Crippen MR) is 102 cm³/mol. The summed E-state index contributed by atoms with van der Waals surface area (Å²) in [4.78, 5) is 21.9. The van der Waals surface area contributed by atoms with Gasteiger partial charge in [-0.05, 0) is 30.3 Å².